The van der Waals surface area contributed by atoms with Crippen molar-refractivity contribution < 1.29 is 4.52 Å². The first kappa shape index (κ1) is 15.6. The fraction of sp³-hybridized carbons (Fsp3) is 0.562. The molecule has 0 aliphatic carbocycles. The first-order chi connectivity index (χ1) is 10.4. The highest BCUT2D eigenvalue weighted by atomic mass is 79.9. The number of nitrogens with zero attached hydrogens (tertiary/aromatic N) is 4. The Morgan fingerprint density at radius 3 is 2.82 bits per heavy atom. The Morgan fingerprint density at radius 2 is 2.18 bits per heavy atom. The molecule has 1 saturated heterocycles. The monoisotopic (exact) mass is 364 g/mol. The molecule has 22 heavy (non-hydrogen) atoms. The Morgan fingerprint density at radius 1 is 1.36 bits per heavy atom. The Hall–Kier alpha value is -1.27. The maximum Gasteiger partial charge on any atom is 0.232 e. The number of hydrogen-bond acceptors (Lipinski definition) is 5. The molecule has 0 N–H and O–H groups in total. The lowest BCUT2D eigenvalue weighted by Gasteiger charge is -2.22. The van der Waals surface area contributed by atoms with Gasteiger partial charge in [0.1, 0.15) is 0 Å². The Balaban J connectivity index is 1.74. The molecule has 0 saturated carbocycles. The number of pyridine rings is 1. The van der Waals surface area contributed by atoms with Crippen LogP contribution in [0.4, 0.5) is 0 Å². The van der Waals surface area contributed by atoms with Crippen molar-refractivity contribution in [1.82, 2.24) is 20.0 Å². The molecule has 0 spiro atoms. The van der Waals surface area contributed by atoms with E-state index in [1.165, 1.54) is 6.42 Å². The van der Waals surface area contributed by atoms with Crippen molar-refractivity contribution in [3.05, 3.63) is 40.2 Å². The van der Waals surface area contributed by atoms with E-state index in [-0.39, 0.29) is 5.41 Å². The van der Waals surface area contributed by atoms with Gasteiger partial charge >= 0.3 is 0 Å². The Bertz CT molecular complexity index is 632. The van der Waals surface area contributed by atoms with E-state index < -0.39 is 0 Å². The van der Waals surface area contributed by atoms with E-state index in [1.807, 2.05) is 12.3 Å². The van der Waals surface area contributed by atoms with Crippen molar-refractivity contribution >= 4 is 15.9 Å². The molecule has 6 heteroatoms. The molecule has 2 aromatic rings. The van der Waals surface area contributed by atoms with Gasteiger partial charge < -0.3 is 4.52 Å². The zero-order chi connectivity index (χ0) is 15.7. The van der Waals surface area contributed by atoms with Gasteiger partial charge in [-0.15, -0.1) is 0 Å². The predicted octanol–water partition coefficient (Wildman–Crippen LogP) is 3.86. The van der Waals surface area contributed by atoms with Crippen molar-refractivity contribution in [2.45, 2.75) is 51.6 Å². The summed E-state index contributed by atoms with van der Waals surface area (Å²) >= 11 is 3.44. The third-order valence-corrected chi connectivity index (χ3v) is 4.38. The summed E-state index contributed by atoms with van der Waals surface area (Å²) in [6.45, 7) is 7.99. The second kappa shape index (κ2) is 6.08. The molecule has 0 bridgehead atoms. The summed E-state index contributed by atoms with van der Waals surface area (Å²) in [6.07, 6.45) is 4.16. The van der Waals surface area contributed by atoms with Crippen molar-refractivity contribution in [3.8, 4) is 0 Å². The van der Waals surface area contributed by atoms with Gasteiger partial charge in [-0.05, 0) is 47.4 Å². The number of likely N-dealkylation sites (tertiary alicyclic amines) is 1. The van der Waals surface area contributed by atoms with Crippen LogP contribution >= 0.6 is 15.9 Å². The molecule has 3 rings (SSSR count). The van der Waals surface area contributed by atoms with Crippen LogP contribution in [0.1, 0.15) is 57.1 Å². The minimum absolute atomic E-state index is 0.108. The molecular formula is C16H21BrN4O. The number of halogens is 1. The minimum atomic E-state index is -0.108. The number of rotatable bonds is 3. The zero-order valence-electron chi connectivity index (χ0n) is 13.2. The Kier molecular flexibility index (Phi) is 4.32. The molecule has 0 aromatic carbocycles. The van der Waals surface area contributed by atoms with Crippen LogP contribution < -0.4 is 0 Å². The van der Waals surface area contributed by atoms with Gasteiger partial charge in [-0.1, -0.05) is 25.9 Å². The van der Waals surface area contributed by atoms with Crippen LogP contribution in [-0.4, -0.2) is 26.6 Å². The molecule has 1 fully saturated rings. The van der Waals surface area contributed by atoms with Crippen LogP contribution in [0.2, 0.25) is 0 Å². The standard InChI is InChI=1S/C16H21BrN4O/c1-16(2,3)15-19-14(20-22-15)10-21-8-4-5-13(21)12-7-6-11(17)9-18-12/h6-7,9,13H,4-5,8,10H2,1-3H3/t13-/m0/s1. The van der Waals surface area contributed by atoms with Crippen LogP contribution in [0.25, 0.3) is 0 Å². The fourth-order valence-electron chi connectivity index (χ4n) is 2.74. The van der Waals surface area contributed by atoms with Crippen molar-refractivity contribution in [3.63, 3.8) is 0 Å². The van der Waals surface area contributed by atoms with Crippen LogP contribution in [0, 0.1) is 0 Å². The SMILES string of the molecule is CC(C)(C)c1nc(CN2CCC[C@H]2c2ccc(Br)cn2)no1. The molecule has 1 aliphatic heterocycles. The van der Waals surface area contributed by atoms with Crippen LogP contribution in [0.15, 0.2) is 27.3 Å². The lowest BCUT2D eigenvalue weighted by Crippen LogP contribution is -2.24. The molecule has 0 radical (unpaired) electrons. The second-order valence-corrected chi connectivity index (χ2v) is 7.71. The second-order valence-electron chi connectivity index (χ2n) is 6.80. The quantitative estimate of drug-likeness (QED) is 0.827. The number of hydrogen-bond donors (Lipinski definition) is 0. The summed E-state index contributed by atoms with van der Waals surface area (Å²) in [5, 5.41) is 4.13. The highest BCUT2D eigenvalue weighted by molar-refractivity contribution is 9.10. The maximum atomic E-state index is 5.39. The van der Waals surface area contributed by atoms with Gasteiger partial charge in [-0.3, -0.25) is 9.88 Å². The van der Waals surface area contributed by atoms with Crippen molar-refractivity contribution in [2.75, 3.05) is 6.54 Å². The lowest BCUT2D eigenvalue weighted by molar-refractivity contribution is 0.233. The average Bonchev–Trinajstić information content (AvgIpc) is 3.09. The van der Waals surface area contributed by atoms with Gasteiger partial charge in [0.15, 0.2) is 5.82 Å². The van der Waals surface area contributed by atoms with E-state index in [2.05, 4.69) is 62.8 Å². The Labute approximate surface area is 139 Å². The van der Waals surface area contributed by atoms with Gasteiger partial charge in [-0.25, -0.2) is 0 Å². The topological polar surface area (TPSA) is 55.1 Å². The van der Waals surface area contributed by atoms with Crippen LogP contribution in [0.3, 0.4) is 0 Å². The smallest absolute Gasteiger partial charge is 0.232 e. The third kappa shape index (κ3) is 3.38. The lowest BCUT2D eigenvalue weighted by atomic mass is 9.97. The van der Waals surface area contributed by atoms with Crippen molar-refractivity contribution in [1.29, 1.82) is 0 Å². The molecule has 0 amide bonds. The van der Waals surface area contributed by atoms with Crippen LogP contribution in [-0.2, 0) is 12.0 Å². The summed E-state index contributed by atoms with van der Waals surface area (Å²) in [5.74, 6) is 1.45. The highest BCUT2D eigenvalue weighted by Gasteiger charge is 2.29. The highest BCUT2D eigenvalue weighted by Crippen LogP contribution is 2.32. The molecule has 2 aromatic heterocycles. The van der Waals surface area contributed by atoms with Gasteiger partial charge in [0.2, 0.25) is 5.89 Å². The largest absolute Gasteiger partial charge is 0.339 e. The van der Waals surface area contributed by atoms with E-state index in [0.29, 0.717) is 18.5 Å². The van der Waals surface area contributed by atoms with Gasteiger partial charge in [-0.2, -0.15) is 4.98 Å². The minimum Gasteiger partial charge on any atom is -0.339 e. The average molecular weight is 365 g/mol. The van der Waals surface area contributed by atoms with Gasteiger partial charge in [0.05, 0.1) is 18.3 Å². The van der Waals surface area contributed by atoms with E-state index >= 15 is 0 Å². The summed E-state index contributed by atoms with van der Waals surface area (Å²) in [7, 11) is 0. The summed E-state index contributed by atoms with van der Waals surface area (Å²) in [4.78, 5) is 11.5. The number of aromatic nitrogens is 3. The van der Waals surface area contributed by atoms with E-state index in [1.54, 1.807) is 0 Å². The maximum absolute atomic E-state index is 5.39. The molecule has 118 valence electrons. The first-order valence-electron chi connectivity index (χ1n) is 7.62. The molecule has 0 unspecified atom stereocenters. The molecule has 1 aliphatic rings. The first-order valence-corrected chi connectivity index (χ1v) is 8.41. The third-order valence-electron chi connectivity index (χ3n) is 3.91. The fourth-order valence-corrected chi connectivity index (χ4v) is 2.97. The molecule has 5 nitrogen and oxygen atoms in total. The summed E-state index contributed by atoms with van der Waals surface area (Å²) in [6, 6.07) is 4.47. The predicted molar refractivity (Wildman–Crippen MR) is 87.3 cm³/mol. The van der Waals surface area contributed by atoms with Gasteiger partial charge in [0, 0.05) is 16.1 Å². The van der Waals surface area contributed by atoms with Crippen LogP contribution in [0.5, 0.6) is 0 Å². The summed E-state index contributed by atoms with van der Waals surface area (Å²) in [5.41, 5.74) is 1.00. The van der Waals surface area contributed by atoms with E-state index in [0.717, 1.165) is 29.0 Å². The zero-order valence-corrected chi connectivity index (χ0v) is 14.8. The van der Waals surface area contributed by atoms with Gasteiger partial charge in [0.25, 0.3) is 0 Å². The normalized spacial score (nSPS) is 19.7. The van der Waals surface area contributed by atoms with E-state index in [4.69, 9.17) is 4.52 Å². The molecular weight excluding hydrogens is 344 g/mol. The molecule has 3 heterocycles. The summed E-state index contributed by atoms with van der Waals surface area (Å²) < 4.78 is 6.39. The molecule has 1 atom stereocenters. The van der Waals surface area contributed by atoms with Crippen molar-refractivity contribution in [2.24, 2.45) is 0 Å². The van der Waals surface area contributed by atoms with E-state index in [9.17, 15) is 0 Å².